The van der Waals surface area contributed by atoms with Crippen LogP contribution < -0.4 is 10.6 Å². The Morgan fingerprint density at radius 2 is 2.38 bits per heavy atom. The second-order valence-electron chi connectivity index (χ2n) is 4.40. The molecule has 1 amide bonds. The SMILES string of the molecule is CCSCCC(C)NC(=O)[C@@H]1CCCCN1. The molecule has 0 saturated carbocycles. The minimum Gasteiger partial charge on any atom is -0.352 e. The molecule has 0 bridgehead atoms. The molecular weight excluding hydrogens is 220 g/mol. The lowest BCUT2D eigenvalue weighted by atomic mass is 10.0. The number of carbonyl (C=O) groups is 1. The number of thioether (sulfide) groups is 1. The molecule has 16 heavy (non-hydrogen) atoms. The highest BCUT2D eigenvalue weighted by Gasteiger charge is 2.21. The summed E-state index contributed by atoms with van der Waals surface area (Å²) in [5, 5.41) is 6.37. The Bertz CT molecular complexity index is 205. The molecule has 0 aromatic carbocycles. The van der Waals surface area contributed by atoms with E-state index in [0.717, 1.165) is 30.9 Å². The molecule has 1 unspecified atom stereocenters. The van der Waals surface area contributed by atoms with Gasteiger partial charge in [0.25, 0.3) is 0 Å². The lowest BCUT2D eigenvalue weighted by Crippen LogP contribution is -2.49. The smallest absolute Gasteiger partial charge is 0.237 e. The average Bonchev–Trinajstić information content (AvgIpc) is 2.30. The first-order chi connectivity index (χ1) is 7.74. The molecule has 4 heteroatoms. The first-order valence-corrected chi connectivity index (χ1v) is 7.51. The third kappa shape index (κ3) is 5.21. The van der Waals surface area contributed by atoms with Gasteiger partial charge in [-0.05, 0) is 44.2 Å². The van der Waals surface area contributed by atoms with Crippen LogP contribution in [-0.4, -0.2) is 36.0 Å². The molecule has 0 radical (unpaired) electrons. The fourth-order valence-corrected chi connectivity index (χ4v) is 2.70. The summed E-state index contributed by atoms with van der Waals surface area (Å²) in [4.78, 5) is 11.9. The second-order valence-corrected chi connectivity index (χ2v) is 5.79. The molecule has 0 aromatic heterocycles. The largest absolute Gasteiger partial charge is 0.352 e. The molecule has 2 N–H and O–H groups in total. The first-order valence-electron chi connectivity index (χ1n) is 6.35. The molecule has 2 atom stereocenters. The van der Waals surface area contributed by atoms with Gasteiger partial charge in [0.05, 0.1) is 6.04 Å². The van der Waals surface area contributed by atoms with Crippen molar-refractivity contribution in [1.29, 1.82) is 0 Å². The maximum absolute atomic E-state index is 11.9. The van der Waals surface area contributed by atoms with Gasteiger partial charge in [-0.2, -0.15) is 11.8 Å². The number of carbonyl (C=O) groups excluding carboxylic acids is 1. The van der Waals surface area contributed by atoms with E-state index in [1.54, 1.807) is 0 Å². The molecule has 1 fully saturated rings. The van der Waals surface area contributed by atoms with E-state index in [-0.39, 0.29) is 11.9 Å². The zero-order valence-electron chi connectivity index (χ0n) is 10.4. The van der Waals surface area contributed by atoms with E-state index in [2.05, 4.69) is 24.5 Å². The summed E-state index contributed by atoms with van der Waals surface area (Å²) in [5.41, 5.74) is 0. The van der Waals surface area contributed by atoms with Gasteiger partial charge < -0.3 is 10.6 Å². The van der Waals surface area contributed by atoms with Gasteiger partial charge in [-0.15, -0.1) is 0 Å². The molecule has 1 rings (SSSR count). The molecule has 1 aliphatic rings. The van der Waals surface area contributed by atoms with Crippen LogP contribution >= 0.6 is 11.8 Å². The number of hydrogen-bond donors (Lipinski definition) is 2. The Kier molecular flexibility index (Phi) is 6.88. The van der Waals surface area contributed by atoms with Crippen molar-refractivity contribution in [3.05, 3.63) is 0 Å². The van der Waals surface area contributed by atoms with Crippen molar-refractivity contribution >= 4 is 17.7 Å². The molecule has 1 heterocycles. The topological polar surface area (TPSA) is 41.1 Å². The molecule has 0 spiro atoms. The minimum absolute atomic E-state index is 0.0510. The molecule has 1 saturated heterocycles. The molecule has 0 aliphatic carbocycles. The van der Waals surface area contributed by atoms with Crippen LogP contribution in [0.3, 0.4) is 0 Å². The van der Waals surface area contributed by atoms with Crippen molar-refractivity contribution in [2.24, 2.45) is 0 Å². The Labute approximate surface area is 103 Å². The lowest BCUT2D eigenvalue weighted by molar-refractivity contribution is -0.124. The van der Waals surface area contributed by atoms with E-state index in [1.807, 2.05) is 11.8 Å². The Balaban J connectivity index is 2.16. The Morgan fingerprint density at radius 3 is 3.00 bits per heavy atom. The zero-order valence-corrected chi connectivity index (χ0v) is 11.2. The van der Waals surface area contributed by atoms with Crippen molar-refractivity contribution in [2.45, 2.75) is 51.6 Å². The number of nitrogens with one attached hydrogen (secondary N) is 2. The highest BCUT2D eigenvalue weighted by atomic mass is 32.2. The van der Waals surface area contributed by atoms with Crippen LogP contribution in [0, 0.1) is 0 Å². The summed E-state index contributed by atoms with van der Waals surface area (Å²) in [6.45, 7) is 5.25. The van der Waals surface area contributed by atoms with Crippen molar-refractivity contribution in [3.63, 3.8) is 0 Å². The van der Waals surface area contributed by atoms with Gasteiger partial charge in [0.1, 0.15) is 0 Å². The monoisotopic (exact) mass is 244 g/mol. The van der Waals surface area contributed by atoms with Gasteiger partial charge >= 0.3 is 0 Å². The van der Waals surface area contributed by atoms with Gasteiger partial charge in [-0.25, -0.2) is 0 Å². The van der Waals surface area contributed by atoms with Crippen molar-refractivity contribution in [1.82, 2.24) is 10.6 Å². The fourth-order valence-electron chi connectivity index (χ4n) is 1.90. The van der Waals surface area contributed by atoms with Crippen LogP contribution in [0.1, 0.15) is 39.5 Å². The Hall–Kier alpha value is -0.220. The molecule has 1 aliphatic heterocycles. The van der Waals surface area contributed by atoms with Gasteiger partial charge in [0.2, 0.25) is 5.91 Å². The predicted octanol–water partition coefficient (Wildman–Crippen LogP) is 1.78. The third-order valence-electron chi connectivity index (χ3n) is 2.91. The number of piperidine rings is 1. The summed E-state index contributed by atoms with van der Waals surface area (Å²) < 4.78 is 0. The fraction of sp³-hybridized carbons (Fsp3) is 0.917. The third-order valence-corrected chi connectivity index (χ3v) is 3.85. The van der Waals surface area contributed by atoms with Crippen molar-refractivity contribution in [2.75, 3.05) is 18.1 Å². The van der Waals surface area contributed by atoms with Crippen LogP contribution in [0.2, 0.25) is 0 Å². The van der Waals surface area contributed by atoms with Crippen LogP contribution in [0.25, 0.3) is 0 Å². The van der Waals surface area contributed by atoms with Crippen LogP contribution in [0.5, 0.6) is 0 Å². The highest BCUT2D eigenvalue weighted by molar-refractivity contribution is 7.99. The number of amides is 1. The maximum atomic E-state index is 11.9. The second kappa shape index (κ2) is 7.96. The van der Waals surface area contributed by atoms with Crippen molar-refractivity contribution in [3.8, 4) is 0 Å². The van der Waals surface area contributed by atoms with Gasteiger partial charge in [-0.3, -0.25) is 4.79 Å². The summed E-state index contributed by atoms with van der Waals surface area (Å²) in [6, 6.07) is 0.352. The summed E-state index contributed by atoms with van der Waals surface area (Å²) in [7, 11) is 0. The minimum atomic E-state index is 0.0510. The average molecular weight is 244 g/mol. The standard InChI is InChI=1S/C12H24N2OS/c1-3-16-9-7-10(2)14-12(15)11-6-4-5-8-13-11/h10-11,13H,3-9H2,1-2H3,(H,14,15)/t10?,11-/m0/s1. The molecular formula is C12H24N2OS. The van der Waals surface area contributed by atoms with E-state index in [4.69, 9.17) is 0 Å². The van der Waals surface area contributed by atoms with Crippen LogP contribution in [-0.2, 0) is 4.79 Å². The van der Waals surface area contributed by atoms with E-state index in [0.29, 0.717) is 6.04 Å². The van der Waals surface area contributed by atoms with E-state index in [9.17, 15) is 4.79 Å². The Morgan fingerprint density at radius 1 is 1.56 bits per heavy atom. The predicted molar refractivity (Wildman–Crippen MR) is 70.9 cm³/mol. The summed E-state index contributed by atoms with van der Waals surface area (Å²) >= 11 is 1.93. The van der Waals surface area contributed by atoms with Crippen LogP contribution in [0.4, 0.5) is 0 Å². The van der Waals surface area contributed by atoms with Gasteiger partial charge in [0, 0.05) is 6.04 Å². The quantitative estimate of drug-likeness (QED) is 0.700. The van der Waals surface area contributed by atoms with E-state index >= 15 is 0 Å². The van der Waals surface area contributed by atoms with Gasteiger partial charge in [-0.1, -0.05) is 13.3 Å². The summed E-state index contributed by atoms with van der Waals surface area (Å²) in [5.74, 6) is 2.48. The maximum Gasteiger partial charge on any atom is 0.237 e. The number of rotatable bonds is 6. The molecule has 94 valence electrons. The van der Waals surface area contributed by atoms with E-state index in [1.165, 1.54) is 12.8 Å². The molecule has 3 nitrogen and oxygen atoms in total. The lowest BCUT2D eigenvalue weighted by Gasteiger charge is -2.24. The van der Waals surface area contributed by atoms with Crippen LogP contribution in [0.15, 0.2) is 0 Å². The van der Waals surface area contributed by atoms with E-state index < -0.39 is 0 Å². The zero-order chi connectivity index (χ0) is 11.8. The normalized spacial score (nSPS) is 22.8. The highest BCUT2D eigenvalue weighted by Crippen LogP contribution is 2.08. The van der Waals surface area contributed by atoms with Crippen molar-refractivity contribution < 1.29 is 4.79 Å². The first kappa shape index (κ1) is 13.8. The van der Waals surface area contributed by atoms with Gasteiger partial charge in [0.15, 0.2) is 0 Å². The molecule has 0 aromatic rings. The number of hydrogen-bond acceptors (Lipinski definition) is 3. The summed E-state index contributed by atoms with van der Waals surface area (Å²) in [6.07, 6.45) is 4.43.